The third-order valence-electron chi connectivity index (χ3n) is 5.03. The van der Waals surface area contributed by atoms with Crippen molar-refractivity contribution in [3.8, 4) is 0 Å². The summed E-state index contributed by atoms with van der Waals surface area (Å²) in [5.74, 6) is -0.451. The predicted molar refractivity (Wildman–Crippen MR) is 112 cm³/mol. The molecule has 0 bridgehead atoms. The molecule has 3 heterocycles. The van der Waals surface area contributed by atoms with Crippen molar-refractivity contribution in [3.63, 3.8) is 0 Å². The molecular weight excluding hydrogens is 388 g/mol. The van der Waals surface area contributed by atoms with E-state index in [9.17, 15) is 14.4 Å². The van der Waals surface area contributed by atoms with Crippen molar-refractivity contribution in [3.05, 3.63) is 52.5 Å². The van der Waals surface area contributed by atoms with Crippen LogP contribution < -0.4 is 10.6 Å². The zero-order valence-corrected chi connectivity index (χ0v) is 17.4. The van der Waals surface area contributed by atoms with Gasteiger partial charge in [0.2, 0.25) is 5.91 Å². The van der Waals surface area contributed by atoms with Crippen LogP contribution in [-0.2, 0) is 4.79 Å². The molecule has 3 amide bonds. The lowest BCUT2D eigenvalue weighted by Crippen LogP contribution is -2.54. The fourth-order valence-corrected chi connectivity index (χ4v) is 3.97. The highest BCUT2D eigenvalue weighted by Gasteiger charge is 2.32. The highest BCUT2D eigenvalue weighted by Crippen LogP contribution is 2.16. The lowest BCUT2D eigenvalue weighted by atomic mass is 9.99. The quantitative estimate of drug-likeness (QED) is 0.759. The minimum Gasteiger partial charge on any atom is -0.349 e. The molecule has 2 aromatic rings. The van der Waals surface area contributed by atoms with Gasteiger partial charge >= 0.3 is 0 Å². The van der Waals surface area contributed by atoms with Crippen molar-refractivity contribution in [2.75, 3.05) is 13.1 Å². The van der Waals surface area contributed by atoms with E-state index in [1.807, 2.05) is 25.3 Å². The van der Waals surface area contributed by atoms with Crippen molar-refractivity contribution in [1.29, 1.82) is 0 Å². The van der Waals surface area contributed by atoms with Crippen molar-refractivity contribution >= 4 is 29.1 Å². The number of aromatic nitrogens is 1. The minimum atomic E-state index is -0.564. The van der Waals surface area contributed by atoms with Gasteiger partial charge in [0.25, 0.3) is 11.8 Å². The number of nitrogens with one attached hydrogen (secondary N) is 2. The van der Waals surface area contributed by atoms with E-state index < -0.39 is 6.04 Å². The normalized spacial score (nSPS) is 15.8. The Morgan fingerprint density at radius 3 is 2.48 bits per heavy atom. The first-order valence-corrected chi connectivity index (χ1v) is 10.7. The SMILES string of the molecule is CC(C)C(NC(=O)c1cccs1)C(=O)N1CCC(NC(=O)c2cccnc2)CC1. The molecule has 0 spiro atoms. The Labute approximate surface area is 174 Å². The van der Waals surface area contributed by atoms with E-state index in [0.29, 0.717) is 36.4 Å². The maximum atomic E-state index is 13.0. The molecule has 0 aliphatic carbocycles. The largest absolute Gasteiger partial charge is 0.349 e. The van der Waals surface area contributed by atoms with Gasteiger partial charge in [-0.05, 0) is 42.3 Å². The van der Waals surface area contributed by atoms with Gasteiger partial charge in [0.1, 0.15) is 6.04 Å². The van der Waals surface area contributed by atoms with E-state index in [0.717, 1.165) is 0 Å². The van der Waals surface area contributed by atoms with Gasteiger partial charge in [0.15, 0.2) is 0 Å². The summed E-state index contributed by atoms with van der Waals surface area (Å²) in [6, 6.07) is 6.47. The number of amides is 3. The van der Waals surface area contributed by atoms with E-state index in [1.165, 1.54) is 17.5 Å². The van der Waals surface area contributed by atoms with Gasteiger partial charge in [-0.2, -0.15) is 0 Å². The Kier molecular flexibility index (Phi) is 6.98. The Hall–Kier alpha value is -2.74. The molecule has 29 heavy (non-hydrogen) atoms. The lowest BCUT2D eigenvalue weighted by Gasteiger charge is -2.35. The second-order valence-electron chi connectivity index (χ2n) is 7.49. The number of carbonyl (C=O) groups excluding carboxylic acids is 3. The number of thiophene rings is 1. The maximum absolute atomic E-state index is 13.0. The van der Waals surface area contributed by atoms with Crippen molar-refractivity contribution in [1.82, 2.24) is 20.5 Å². The number of hydrogen-bond acceptors (Lipinski definition) is 5. The highest BCUT2D eigenvalue weighted by atomic mass is 32.1. The summed E-state index contributed by atoms with van der Waals surface area (Å²) in [5, 5.41) is 7.74. The van der Waals surface area contributed by atoms with Crippen molar-refractivity contribution in [2.24, 2.45) is 5.92 Å². The van der Waals surface area contributed by atoms with Crippen LogP contribution in [0.1, 0.15) is 46.7 Å². The number of nitrogens with zero attached hydrogens (tertiary/aromatic N) is 2. The molecule has 1 unspecified atom stereocenters. The number of pyridine rings is 1. The summed E-state index contributed by atoms with van der Waals surface area (Å²) in [5.41, 5.74) is 0.530. The fraction of sp³-hybridized carbons (Fsp3) is 0.429. The summed E-state index contributed by atoms with van der Waals surface area (Å²) in [6.45, 7) is 4.96. The molecule has 1 aliphatic heterocycles. The van der Waals surface area contributed by atoms with Crippen molar-refractivity contribution < 1.29 is 14.4 Å². The van der Waals surface area contributed by atoms with Gasteiger partial charge in [-0.25, -0.2) is 0 Å². The van der Waals surface area contributed by atoms with Crippen molar-refractivity contribution in [2.45, 2.75) is 38.8 Å². The van der Waals surface area contributed by atoms with Crippen LogP contribution in [0.4, 0.5) is 0 Å². The van der Waals surface area contributed by atoms with Crippen LogP contribution in [0.25, 0.3) is 0 Å². The fourth-order valence-electron chi connectivity index (χ4n) is 3.34. The summed E-state index contributed by atoms with van der Waals surface area (Å²) < 4.78 is 0. The van der Waals surface area contributed by atoms with E-state index in [-0.39, 0.29) is 29.7 Å². The Morgan fingerprint density at radius 1 is 1.14 bits per heavy atom. The van der Waals surface area contributed by atoms with Gasteiger partial charge in [-0.3, -0.25) is 19.4 Å². The predicted octanol–water partition coefficient (Wildman–Crippen LogP) is 2.32. The molecule has 1 fully saturated rings. The van der Waals surface area contributed by atoms with Gasteiger partial charge < -0.3 is 15.5 Å². The van der Waals surface area contributed by atoms with Crippen LogP contribution in [0.5, 0.6) is 0 Å². The smallest absolute Gasteiger partial charge is 0.262 e. The van der Waals surface area contributed by atoms with E-state index >= 15 is 0 Å². The highest BCUT2D eigenvalue weighted by molar-refractivity contribution is 7.12. The standard InChI is InChI=1S/C21H26N4O3S/c1-14(2)18(24-20(27)17-6-4-12-29-17)21(28)25-10-7-16(8-11-25)23-19(26)15-5-3-9-22-13-15/h3-6,9,12-14,16,18H,7-8,10-11H2,1-2H3,(H,23,26)(H,24,27). The molecule has 1 atom stereocenters. The zero-order chi connectivity index (χ0) is 20.8. The minimum absolute atomic E-state index is 0.0185. The molecule has 0 aromatic carbocycles. The lowest BCUT2D eigenvalue weighted by molar-refractivity contribution is -0.135. The first-order valence-electron chi connectivity index (χ1n) is 9.79. The Morgan fingerprint density at radius 2 is 1.90 bits per heavy atom. The van der Waals surface area contributed by atoms with Gasteiger partial charge in [0.05, 0.1) is 10.4 Å². The number of carbonyl (C=O) groups is 3. The summed E-state index contributed by atoms with van der Waals surface area (Å²) in [4.78, 5) is 44.0. The van der Waals surface area contributed by atoms with E-state index in [1.54, 1.807) is 29.3 Å². The second-order valence-corrected chi connectivity index (χ2v) is 8.43. The first-order chi connectivity index (χ1) is 14.0. The van der Waals surface area contributed by atoms with E-state index in [4.69, 9.17) is 0 Å². The molecule has 2 N–H and O–H groups in total. The molecule has 7 nitrogen and oxygen atoms in total. The van der Waals surface area contributed by atoms with Crippen LogP contribution in [0.2, 0.25) is 0 Å². The molecule has 0 saturated carbocycles. The maximum Gasteiger partial charge on any atom is 0.262 e. The first kappa shape index (κ1) is 21.0. The summed E-state index contributed by atoms with van der Waals surface area (Å²) in [7, 11) is 0. The summed E-state index contributed by atoms with van der Waals surface area (Å²) in [6.07, 6.45) is 4.53. The van der Waals surface area contributed by atoms with Gasteiger partial charge in [-0.1, -0.05) is 19.9 Å². The monoisotopic (exact) mass is 414 g/mol. The topological polar surface area (TPSA) is 91.4 Å². The average molecular weight is 415 g/mol. The molecule has 2 aromatic heterocycles. The molecular formula is C21H26N4O3S. The number of piperidine rings is 1. The molecule has 8 heteroatoms. The molecule has 1 saturated heterocycles. The van der Waals surface area contributed by atoms with Gasteiger partial charge in [-0.15, -0.1) is 11.3 Å². The van der Waals surface area contributed by atoms with Gasteiger partial charge in [0, 0.05) is 31.5 Å². The third kappa shape index (κ3) is 5.41. The van der Waals surface area contributed by atoms with Crippen LogP contribution in [0, 0.1) is 5.92 Å². The molecule has 154 valence electrons. The second kappa shape index (κ2) is 9.65. The van der Waals surface area contributed by atoms with Crippen LogP contribution in [0.3, 0.4) is 0 Å². The third-order valence-corrected chi connectivity index (χ3v) is 5.90. The average Bonchev–Trinajstić information content (AvgIpc) is 3.27. The van der Waals surface area contributed by atoms with E-state index in [2.05, 4.69) is 15.6 Å². The molecule has 0 radical (unpaired) electrons. The number of hydrogen-bond donors (Lipinski definition) is 2. The molecule has 1 aliphatic rings. The number of rotatable bonds is 6. The summed E-state index contributed by atoms with van der Waals surface area (Å²) >= 11 is 1.35. The van der Waals surface area contributed by atoms with Crippen LogP contribution in [0.15, 0.2) is 42.0 Å². The van der Waals surface area contributed by atoms with Crippen LogP contribution in [-0.4, -0.2) is 52.8 Å². The number of likely N-dealkylation sites (tertiary alicyclic amines) is 1. The molecule has 3 rings (SSSR count). The van der Waals surface area contributed by atoms with Crippen LogP contribution >= 0.6 is 11.3 Å². The Balaban J connectivity index is 1.53. The zero-order valence-electron chi connectivity index (χ0n) is 16.6. The Bertz CT molecular complexity index is 831.